The average molecular weight is 290 g/mol. The van der Waals surface area contributed by atoms with Crippen LogP contribution in [0.5, 0.6) is 0 Å². The first-order chi connectivity index (χ1) is 10.0. The minimum absolute atomic E-state index is 0.0632. The van der Waals surface area contributed by atoms with Crippen molar-refractivity contribution in [1.29, 1.82) is 0 Å². The van der Waals surface area contributed by atoms with Crippen molar-refractivity contribution in [2.75, 3.05) is 7.11 Å². The Morgan fingerprint density at radius 3 is 2.71 bits per heavy atom. The van der Waals surface area contributed by atoms with Gasteiger partial charge in [-0.2, -0.15) is 0 Å². The number of hydrogen-bond acceptors (Lipinski definition) is 4. The third kappa shape index (κ3) is 3.41. The predicted octanol–water partition coefficient (Wildman–Crippen LogP) is 0.680. The summed E-state index contributed by atoms with van der Waals surface area (Å²) < 4.78 is 6.34. The molecule has 21 heavy (non-hydrogen) atoms. The van der Waals surface area contributed by atoms with Gasteiger partial charge in [-0.05, 0) is 24.4 Å². The van der Waals surface area contributed by atoms with E-state index in [4.69, 9.17) is 0 Å². The van der Waals surface area contributed by atoms with Crippen LogP contribution in [-0.2, 0) is 20.9 Å². The van der Waals surface area contributed by atoms with Crippen LogP contribution in [-0.4, -0.2) is 40.8 Å². The molecule has 6 heteroatoms. The molecule has 2 aromatic rings. The molecule has 2 rings (SSSR count). The van der Waals surface area contributed by atoms with Crippen LogP contribution in [0.4, 0.5) is 0 Å². The largest absolute Gasteiger partial charge is 0.467 e. The number of methoxy groups -OCH3 is 1. The summed E-state index contributed by atoms with van der Waals surface area (Å²) in [5.41, 5.74) is 0.930. The highest BCUT2D eigenvalue weighted by atomic mass is 16.5. The number of nitrogens with one attached hydrogen (secondary N) is 1. The molecule has 0 saturated heterocycles. The molecule has 0 aliphatic rings. The smallest absolute Gasteiger partial charge is 0.331 e. The topological polar surface area (TPSA) is 80.6 Å². The predicted molar refractivity (Wildman–Crippen MR) is 77.6 cm³/mol. The molecule has 0 aliphatic carbocycles. The molecular weight excluding hydrogens is 272 g/mol. The standard InChI is InChI=1S/C15H18N2O4/c1-10(18)14(15(20)21-2)16-13(19)9-17-8-7-11-5-3-4-6-12(11)17/h3-8,10,14,18H,9H2,1-2H3,(H,16,19)/t10-,14+/m0/s1. The Labute approximate surface area is 122 Å². The zero-order valence-corrected chi connectivity index (χ0v) is 11.9. The Morgan fingerprint density at radius 2 is 2.05 bits per heavy atom. The molecule has 1 heterocycles. The maximum absolute atomic E-state index is 12.0. The Bertz CT molecular complexity index is 648. The van der Waals surface area contributed by atoms with Crippen molar-refractivity contribution in [3.05, 3.63) is 36.5 Å². The SMILES string of the molecule is COC(=O)[C@H](NC(=O)Cn1ccc2ccccc21)[C@H](C)O. The van der Waals surface area contributed by atoms with E-state index in [2.05, 4.69) is 10.1 Å². The van der Waals surface area contributed by atoms with Gasteiger partial charge >= 0.3 is 5.97 Å². The van der Waals surface area contributed by atoms with Gasteiger partial charge in [0.05, 0.1) is 13.2 Å². The number of aliphatic hydroxyl groups is 1. The van der Waals surface area contributed by atoms with Crippen LogP contribution in [0.25, 0.3) is 10.9 Å². The van der Waals surface area contributed by atoms with Crippen molar-refractivity contribution < 1.29 is 19.4 Å². The van der Waals surface area contributed by atoms with E-state index in [-0.39, 0.29) is 12.5 Å². The van der Waals surface area contributed by atoms with Crippen molar-refractivity contribution in [1.82, 2.24) is 9.88 Å². The van der Waals surface area contributed by atoms with Crippen molar-refractivity contribution in [2.45, 2.75) is 25.6 Å². The summed E-state index contributed by atoms with van der Waals surface area (Å²) in [5.74, 6) is -1.04. The number of esters is 1. The van der Waals surface area contributed by atoms with Gasteiger partial charge in [0.2, 0.25) is 5.91 Å². The van der Waals surface area contributed by atoms with Gasteiger partial charge in [-0.25, -0.2) is 4.79 Å². The van der Waals surface area contributed by atoms with Crippen LogP contribution in [0.1, 0.15) is 6.92 Å². The maximum atomic E-state index is 12.0. The van der Waals surface area contributed by atoms with Crippen LogP contribution in [0.3, 0.4) is 0 Å². The number of nitrogens with zero attached hydrogens (tertiary/aromatic N) is 1. The van der Waals surface area contributed by atoms with Gasteiger partial charge in [0.1, 0.15) is 6.54 Å². The van der Waals surface area contributed by atoms with Crippen molar-refractivity contribution in [2.24, 2.45) is 0 Å². The summed E-state index contributed by atoms with van der Waals surface area (Å²) >= 11 is 0. The van der Waals surface area contributed by atoms with Gasteiger partial charge in [0, 0.05) is 11.7 Å². The van der Waals surface area contributed by atoms with Gasteiger partial charge < -0.3 is 19.7 Å². The average Bonchev–Trinajstić information content (AvgIpc) is 2.87. The highest BCUT2D eigenvalue weighted by Gasteiger charge is 2.26. The number of rotatable bonds is 5. The highest BCUT2D eigenvalue weighted by molar-refractivity contribution is 5.86. The Balaban J connectivity index is 2.09. The summed E-state index contributed by atoms with van der Waals surface area (Å²) in [6, 6.07) is 8.53. The summed E-state index contributed by atoms with van der Waals surface area (Å²) in [7, 11) is 1.21. The maximum Gasteiger partial charge on any atom is 0.331 e. The third-order valence-electron chi connectivity index (χ3n) is 3.25. The summed E-state index contributed by atoms with van der Waals surface area (Å²) in [5, 5.41) is 13.1. The monoisotopic (exact) mass is 290 g/mol. The number of benzene rings is 1. The molecule has 0 spiro atoms. The molecule has 6 nitrogen and oxygen atoms in total. The summed E-state index contributed by atoms with van der Waals surface area (Å²) in [6.45, 7) is 1.49. The Kier molecular flexibility index (Phi) is 4.59. The third-order valence-corrected chi connectivity index (χ3v) is 3.25. The molecule has 2 atom stereocenters. The fraction of sp³-hybridized carbons (Fsp3) is 0.333. The molecule has 1 aromatic heterocycles. The van der Waals surface area contributed by atoms with E-state index in [1.807, 2.05) is 30.3 Å². The lowest BCUT2D eigenvalue weighted by Gasteiger charge is -2.19. The second kappa shape index (κ2) is 6.41. The molecular formula is C15H18N2O4. The highest BCUT2D eigenvalue weighted by Crippen LogP contribution is 2.14. The normalized spacial score (nSPS) is 13.7. The summed E-state index contributed by atoms with van der Waals surface area (Å²) in [6.07, 6.45) is 0.780. The number of aliphatic hydroxyl groups excluding tert-OH is 1. The number of aromatic nitrogens is 1. The van der Waals surface area contributed by atoms with E-state index >= 15 is 0 Å². The number of carbonyl (C=O) groups is 2. The van der Waals surface area contributed by atoms with Crippen LogP contribution in [0.15, 0.2) is 36.5 Å². The molecule has 1 aromatic carbocycles. The van der Waals surface area contributed by atoms with Gasteiger partial charge in [0.25, 0.3) is 0 Å². The van der Waals surface area contributed by atoms with Crippen molar-refractivity contribution in [3.8, 4) is 0 Å². The lowest BCUT2D eigenvalue weighted by molar-refractivity contribution is -0.148. The van der Waals surface area contributed by atoms with Crippen LogP contribution in [0.2, 0.25) is 0 Å². The minimum Gasteiger partial charge on any atom is -0.467 e. The number of ether oxygens (including phenoxy) is 1. The van der Waals surface area contributed by atoms with Crippen molar-refractivity contribution in [3.63, 3.8) is 0 Å². The number of fused-ring (bicyclic) bond motifs is 1. The van der Waals surface area contributed by atoms with E-state index in [0.29, 0.717) is 0 Å². The summed E-state index contributed by atoms with van der Waals surface area (Å²) in [4.78, 5) is 23.5. The molecule has 0 saturated carbocycles. The van der Waals surface area contributed by atoms with E-state index in [1.165, 1.54) is 14.0 Å². The van der Waals surface area contributed by atoms with E-state index in [1.54, 1.807) is 10.8 Å². The molecule has 112 valence electrons. The van der Waals surface area contributed by atoms with Crippen LogP contribution >= 0.6 is 0 Å². The first-order valence-corrected chi connectivity index (χ1v) is 6.62. The minimum atomic E-state index is -1.07. The first-order valence-electron chi connectivity index (χ1n) is 6.62. The fourth-order valence-electron chi connectivity index (χ4n) is 2.16. The first kappa shape index (κ1) is 15.1. The van der Waals surface area contributed by atoms with Gasteiger partial charge in [-0.3, -0.25) is 4.79 Å². The van der Waals surface area contributed by atoms with E-state index < -0.39 is 18.1 Å². The lowest BCUT2D eigenvalue weighted by atomic mass is 10.2. The van der Waals surface area contributed by atoms with Gasteiger partial charge in [-0.15, -0.1) is 0 Å². The van der Waals surface area contributed by atoms with Gasteiger partial charge in [-0.1, -0.05) is 18.2 Å². The number of amides is 1. The molecule has 1 amide bonds. The van der Waals surface area contributed by atoms with Crippen LogP contribution < -0.4 is 5.32 Å². The second-order valence-electron chi connectivity index (χ2n) is 4.81. The Hall–Kier alpha value is -2.34. The van der Waals surface area contributed by atoms with Crippen LogP contribution in [0, 0.1) is 0 Å². The Morgan fingerprint density at radius 1 is 1.33 bits per heavy atom. The van der Waals surface area contributed by atoms with Crippen molar-refractivity contribution >= 4 is 22.8 Å². The zero-order chi connectivity index (χ0) is 15.4. The number of carbonyl (C=O) groups excluding carboxylic acids is 2. The number of hydrogen-bond donors (Lipinski definition) is 2. The molecule has 0 unspecified atom stereocenters. The lowest BCUT2D eigenvalue weighted by Crippen LogP contribution is -2.49. The van der Waals surface area contributed by atoms with Gasteiger partial charge in [0.15, 0.2) is 6.04 Å². The molecule has 2 N–H and O–H groups in total. The van der Waals surface area contributed by atoms with E-state index in [0.717, 1.165) is 10.9 Å². The molecule has 0 radical (unpaired) electrons. The van der Waals surface area contributed by atoms with E-state index in [9.17, 15) is 14.7 Å². The zero-order valence-electron chi connectivity index (χ0n) is 11.9. The second-order valence-corrected chi connectivity index (χ2v) is 4.81. The fourth-order valence-corrected chi connectivity index (χ4v) is 2.16. The number of para-hydroxylation sites is 1. The molecule has 0 fully saturated rings. The molecule has 0 bridgehead atoms. The molecule has 0 aliphatic heterocycles. The quantitative estimate of drug-likeness (QED) is 0.794.